The van der Waals surface area contributed by atoms with Gasteiger partial charge < -0.3 is 5.32 Å². The Labute approximate surface area is 107 Å². The molecule has 0 saturated heterocycles. The van der Waals surface area contributed by atoms with Crippen LogP contribution in [0.25, 0.3) is 0 Å². The second kappa shape index (κ2) is 6.10. The molecule has 3 heteroatoms. The lowest BCUT2D eigenvalue weighted by Crippen LogP contribution is -2.32. The number of nitrogens with one attached hydrogen (secondary N) is 1. The van der Waals surface area contributed by atoms with Gasteiger partial charge in [0, 0.05) is 17.4 Å². The third-order valence-electron chi connectivity index (χ3n) is 3.19. The van der Waals surface area contributed by atoms with E-state index in [9.17, 15) is 4.79 Å². The van der Waals surface area contributed by atoms with Crippen LogP contribution >= 0.6 is 11.8 Å². The molecule has 92 valence electrons. The summed E-state index contributed by atoms with van der Waals surface area (Å²) in [4.78, 5) is 12.0. The lowest BCUT2D eigenvalue weighted by molar-refractivity contribution is 0.0938. The van der Waals surface area contributed by atoms with Crippen LogP contribution in [0.2, 0.25) is 0 Å². The minimum Gasteiger partial charge on any atom is -0.349 e. The number of amides is 1. The first-order valence-corrected chi connectivity index (χ1v) is 7.57. The third kappa shape index (κ3) is 3.50. The fourth-order valence-corrected chi connectivity index (χ4v) is 2.82. The molecule has 1 aromatic carbocycles. The van der Waals surface area contributed by atoms with Crippen LogP contribution in [0, 0.1) is 0 Å². The summed E-state index contributed by atoms with van der Waals surface area (Å²) < 4.78 is 0. The van der Waals surface area contributed by atoms with Gasteiger partial charge in [-0.15, -0.1) is 0 Å². The Bertz CT molecular complexity index is 386. The Morgan fingerprint density at radius 1 is 1.41 bits per heavy atom. The van der Waals surface area contributed by atoms with Crippen LogP contribution in [0.15, 0.2) is 24.3 Å². The van der Waals surface area contributed by atoms with Crippen molar-refractivity contribution >= 4 is 17.7 Å². The Morgan fingerprint density at radius 3 is 2.88 bits per heavy atom. The van der Waals surface area contributed by atoms with E-state index in [0.29, 0.717) is 6.04 Å². The fraction of sp³-hybridized carbons (Fsp3) is 0.500. The van der Waals surface area contributed by atoms with E-state index in [2.05, 4.69) is 17.6 Å². The van der Waals surface area contributed by atoms with Gasteiger partial charge in [-0.05, 0) is 36.8 Å². The SMILES string of the molecule is CSCc1cccc(C(=O)NC2CCCC2)c1. The first kappa shape index (κ1) is 12.5. The molecule has 0 aliphatic heterocycles. The first-order valence-electron chi connectivity index (χ1n) is 6.18. The molecule has 2 rings (SSSR count). The summed E-state index contributed by atoms with van der Waals surface area (Å²) in [6.45, 7) is 0. The number of carbonyl (C=O) groups excluding carboxylic acids is 1. The van der Waals surface area contributed by atoms with Gasteiger partial charge in [0.15, 0.2) is 0 Å². The molecule has 1 amide bonds. The van der Waals surface area contributed by atoms with Crippen LogP contribution in [0.1, 0.15) is 41.6 Å². The van der Waals surface area contributed by atoms with Gasteiger partial charge in [-0.3, -0.25) is 4.79 Å². The minimum atomic E-state index is 0.0832. The van der Waals surface area contributed by atoms with Gasteiger partial charge in [-0.1, -0.05) is 25.0 Å². The molecule has 0 spiro atoms. The summed E-state index contributed by atoms with van der Waals surface area (Å²) in [5, 5.41) is 3.12. The zero-order valence-corrected chi connectivity index (χ0v) is 11.1. The van der Waals surface area contributed by atoms with Crippen LogP contribution in [0.3, 0.4) is 0 Å². The molecule has 0 unspecified atom stereocenters. The van der Waals surface area contributed by atoms with Crippen molar-refractivity contribution in [1.29, 1.82) is 0 Å². The first-order chi connectivity index (χ1) is 8.29. The van der Waals surface area contributed by atoms with Crippen LogP contribution in [0.4, 0.5) is 0 Å². The average molecular weight is 249 g/mol. The van der Waals surface area contributed by atoms with Gasteiger partial charge in [0.25, 0.3) is 5.91 Å². The zero-order valence-electron chi connectivity index (χ0n) is 10.2. The standard InChI is InChI=1S/C14H19NOS/c1-17-10-11-5-4-6-12(9-11)14(16)15-13-7-2-3-8-13/h4-6,9,13H,2-3,7-8,10H2,1H3,(H,15,16). The summed E-state index contributed by atoms with van der Waals surface area (Å²) >= 11 is 1.78. The molecule has 1 saturated carbocycles. The van der Waals surface area contributed by atoms with Crippen molar-refractivity contribution in [1.82, 2.24) is 5.32 Å². The molecule has 2 nitrogen and oxygen atoms in total. The van der Waals surface area contributed by atoms with E-state index in [1.807, 2.05) is 18.2 Å². The second-order valence-electron chi connectivity index (χ2n) is 4.59. The lowest BCUT2D eigenvalue weighted by atomic mass is 10.1. The maximum Gasteiger partial charge on any atom is 0.251 e. The quantitative estimate of drug-likeness (QED) is 0.887. The van der Waals surface area contributed by atoms with Gasteiger partial charge in [0.1, 0.15) is 0 Å². The zero-order chi connectivity index (χ0) is 12.1. The molecule has 1 N–H and O–H groups in total. The second-order valence-corrected chi connectivity index (χ2v) is 5.45. The Kier molecular flexibility index (Phi) is 4.49. The Hall–Kier alpha value is -0.960. The van der Waals surface area contributed by atoms with Crippen molar-refractivity contribution in [3.05, 3.63) is 35.4 Å². The Balaban J connectivity index is 1.99. The molecule has 0 aromatic heterocycles. The summed E-state index contributed by atoms with van der Waals surface area (Å²) in [6.07, 6.45) is 6.84. The van der Waals surface area contributed by atoms with E-state index >= 15 is 0 Å². The minimum absolute atomic E-state index is 0.0832. The predicted molar refractivity (Wildman–Crippen MR) is 73.4 cm³/mol. The average Bonchev–Trinajstić information content (AvgIpc) is 2.83. The fourth-order valence-electron chi connectivity index (χ4n) is 2.31. The highest BCUT2D eigenvalue weighted by molar-refractivity contribution is 7.97. The highest BCUT2D eigenvalue weighted by Gasteiger charge is 2.17. The van der Waals surface area contributed by atoms with E-state index in [1.165, 1.54) is 18.4 Å². The summed E-state index contributed by atoms with van der Waals surface area (Å²) in [6, 6.07) is 8.33. The van der Waals surface area contributed by atoms with Crippen molar-refractivity contribution in [3.63, 3.8) is 0 Å². The van der Waals surface area contributed by atoms with Gasteiger partial charge >= 0.3 is 0 Å². The molecule has 0 heterocycles. The number of hydrogen-bond acceptors (Lipinski definition) is 2. The Morgan fingerprint density at radius 2 is 2.18 bits per heavy atom. The molecule has 0 radical (unpaired) electrons. The van der Waals surface area contributed by atoms with E-state index < -0.39 is 0 Å². The van der Waals surface area contributed by atoms with Gasteiger partial charge in [0.05, 0.1) is 0 Å². The third-order valence-corrected chi connectivity index (χ3v) is 3.81. The number of thioether (sulfide) groups is 1. The van der Waals surface area contributed by atoms with Crippen molar-refractivity contribution in [3.8, 4) is 0 Å². The topological polar surface area (TPSA) is 29.1 Å². The number of benzene rings is 1. The summed E-state index contributed by atoms with van der Waals surface area (Å²) in [5.41, 5.74) is 2.01. The van der Waals surface area contributed by atoms with Gasteiger partial charge in [0.2, 0.25) is 0 Å². The van der Waals surface area contributed by atoms with E-state index in [4.69, 9.17) is 0 Å². The van der Waals surface area contributed by atoms with E-state index in [0.717, 1.165) is 24.2 Å². The lowest BCUT2D eigenvalue weighted by Gasteiger charge is -2.12. The molecular weight excluding hydrogens is 230 g/mol. The molecular formula is C14H19NOS. The van der Waals surface area contributed by atoms with Crippen molar-refractivity contribution < 1.29 is 4.79 Å². The highest BCUT2D eigenvalue weighted by Crippen LogP contribution is 2.18. The normalized spacial score (nSPS) is 16.1. The summed E-state index contributed by atoms with van der Waals surface area (Å²) in [5.74, 6) is 1.05. The van der Waals surface area contributed by atoms with Gasteiger partial charge in [-0.25, -0.2) is 0 Å². The predicted octanol–water partition coefficient (Wildman–Crippen LogP) is 3.22. The summed E-state index contributed by atoms with van der Waals surface area (Å²) in [7, 11) is 0. The number of hydrogen-bond donors (Lipinski definition) is 1. The van der Waals surface area contributed by atoms with Crippen molar-refractivity contribution in [2.45, 2.75) is 37.5 Å². The highest BCUT2D eigenvalue weighted by atomic mass is 32.2. The van der Waals surface area contributed by atoms with E-state index in [-0.39, 0.29) is 5.91 Å². The molecule has 1 aliphatic carbocycles. The van der Waals surface area contributed by atoms with Crippen molar-refractivity contribution in [2.24, 2.45) is 0 Å². The maximum atomic E-state index is 12.0. The van der Waals surface area contributed by atoms with Crippen LogP contribution in [-0.2, 0) is 5.75 Å². The van der Waals surface area contributed by atoms with Crippen LogP contribution in [-0.4, -0.2) is 18.2 Å². The maximum absolute atomic E-state index is 12.0. The largest absolute Gasteiger partial charge is 0.349 e. The van der Waals surface area contributed by atoms with Crippen LogP contribution in [0.5, 0.6) is 0 Å². The monoisotopic (exact) mass is 249 g/mol. The van der Waals surface area contributed by atoms with E-state index in [1.54, 1.807) is 11.8 Å². The molecule has 1 aliphatic rings. The number of carbonyl (C=O) groups is 1. The van der Waals surface area contributed by atoms with Crippen molar-refractivity contribution in [2.75, 3.05) is 6.26 Å². The molecule has 0 bridgehead atoms. The van der Waals surface area contributed by atoms with Gasteiger partial charge in [-0.2, -0.15) is 11.8 Å². The molecule has 17 heavy (non-hydrogen) atoms. The van der Waals surface area contributed by atoms with Crippen LogP contribution < -0.4 is 5.32 Å². The molecule has 1 aromatic rings. The molecule has 0 atom stereocenters. The number of rotatable bonds is 4. The molecule has 1 fully saturated rings. The smallest absolute Gasteiger partial charge is 0.251 e.